The zero-order chi connectivity index (χ0) is 16.4. The first-order valence-electron chi connectivity index (χ1n) is 7.77. The molecule has 3 aromatic rings. The molecule has 118 valence electrons. The Labute approximate surface area is 140 Å². The molecule has 0 N–H and O–H groups in total. The van der Waals surface area contributed by atoms with Crippen molar-refractivity contribution in [3.63, 3.8) is 0 Å². The molecule has 4 heteroatoms. The van der Waals surface area contributed by atoms with Crippen molar-refractivity contribution in [2.45, 2.75) is 33.2 Å². The second-order valence-corrected chi connectivity index (χ2v) is 7.31. The van der Waals surface area contributed by atoms with Crippen molar-refractivity contribution in [2.75, 3.05) is 0 Å². The minimum atomic E-state index is -0.0741. The van der Waals surface area contributed by atoms with Gasteiger partial charge in [0.2, 0.25) is 0 Å². The largest absolute Gasteiger partial charge is 0.268 e. The fourth-order valence-corrected chi connectivity index (χ4v) is 3.28. The molecule has 0 fully saturated rings. The molecule has 0 aliphatic rings. The lowest BCUT2D eigenvalue weighted by Gasteiger charge is -2.09. The van der Waals surface area contributed by atoms with Crippen molar-refractivity contribution in [3.05, 3.63) is 74.9 Å². The van der Waals surface area contributed by atoms with Gasteiger partial charge in [-0.25, -0.2) is 4.68 Å². The Morgan fingerprint density at radius 2 is 1.78 bits per heavy atom. The number of thiophene rings is 1. The molecule has 0 saturated heterocycles. The highest BCUT2D eigenvalue weighted by Gasteiger charge is 2.07. The van der Waals surface area contributed by atoms with Crippen molar-refractivity contribution in [2.24, 2.45) is 0 Å². The Morgan fingerprint density at radius 3 is 2.39 bits per heavy atom. The average molecular weight is 324 g/mol. The van der Waals surface area contributed by atoms with E-state index in [4.69, 9.17) is 0 Å². The lowest BCUT2D eigenvalue weighted by atomic mass is 10.0. The van der Waals surface area contributed by atoms with Crippen molar-refractivity contribution >= 4 is 11.3 Å². The van der Waals surface area contributed by atoms with E-state index in [1.54, 1.807) is 23.5 Å². The molecule has 0 atom stereocenters. The Hall–Kier alpha value is -2.20. The van der Waals surface area contributed by atoms with Crippen LogP contribution in [0, 0.1) is 6.92 Å². The second kappa shape index (κ2) is 6.50. The van der Waals surface area contributed by atoms with E-state index in [9.17, 15) is 4.79 Å². The average Bonchev–Trinajstić information content (AvgIpc) is 2.96. The summed E-state index contributed by atoms with van der Waals surface area (Å²) in [5, 5.41) is 4.52. The van der Waals surface area contributed by atoms with E-state index >= 15 is 0 Å². The molecule has 2 heterocycles. The van der Waals surface area contributed by atoms with Gasteiger partial charge in [-0.1, -0.05) is 38.1 Å². The van der Waals surface area contributed by atoms with Gasteiger partial charge in [0.15, 0.2) is 0 Å². The van der Waals surface area contributed by atoms with E-state index in [1.807, 2.05) is 0 Å². The SMILES string of the molecule is Cc1ccc(-c2ccc(=O)n(Cc3ccc(C(C)C)cc3)n2)s1. The van der Waals surface area contributed by atoms with Gasteiger partial charge in [0.25, 0.3) is 5.56 Å². The number of aryl methyl sites for hydroxylation is 1. The Kier molecular flexibility index (Phi) is 4.44. The van der Waals surface area contributed by atoms with E-state index < -0.39 is 0 Å². The third-order valence-electron chi connectivity index (χ3n) is 3.84. The van der Waals surface area contributed by atoms with Gasteiger partial charge in [-0.2, -0.15) is 5.10 Å². The minimum Gasteiger partial charge on any atom is -0.268 e. The first kappa shape index (κ1) is 15.7. The molecule has 0 amide bonds. The predicted molar refractivity (Wildman–Crippen MR) is 96.2 cm³/mol. The highest BCUT2D eigenvalue weighted by atomic mass is 32.1. The molecule has 2 aromatic heterocycles. The van der Waals surface area contributed by atoms with E-state index in [0.717, 1.165) is 16.1 Å². The molecule has 0 aliphatic heterocycles. The van der Waals surface area contributed by atoms with Gasteiger partial charge in [-0.3, -0.25) is 4.79 Å². The topological polar surface area (TPSA) is 34.9 Å². The van der Waals surface area contributed by atoms with E-state index in [1.165, 1.54) is 15.1 Å². The van der Waals surface area contributed by atoms with Crippen LogP contribution < -0.4 is 5.56 Å². The van der Waals surface area contributed by atoms with Gasteiger partial charge in [-0.15, -0.1) is 11.3 Å². The standard InChI is InChI=1S/C19H20N2OS/c1-13(2)16-7-5-15(6-8-16)12-21-19(22)11-9-17(20-21)18-10-4-14(3)23-18/h4-11,13H,12H2,1-3H3. The minimum absolute atomic E-state index is 0.0741. The number of hydrogen-bond donors (Lipinski definition) is 0. The van der Waals surface area contributed by atoms with Crippen molar-refractivity contribution in [1.29, 1.82) is 0 Å². The summed E-state index contributed by atoms with van der Waals surface area (Å²) in [5.41, 5.74) is 3.16. The molecular weight excluding hydrogens is 304 g/mol. The van der Waals surface area contributed by atoms with Gasteiger partial charge < -0.3 is 0 Å². The van der Waals surface area contributed by atoms with Crippen LogP contribution in [0.25, 0.3) is 10.6 Å². The van der Waals surface area contributed by atoms with Crippen LogP contribution in [-0.2, 0) is 6.54 Å². The van der Waals surface area contributed by atoms with Gasteiger partial charge >= 0.3 is 0 Å². The summed E-state index contributed by atoms with van der Waals surface area (Å²) in [6.07, 6.45) is 0. The summed E-state index contributed by atoms with van der Waals surface area (Å²) in [5.74, 6) is 0.510. The molecule has 1 aromatic carbocycles. The molecule has 0 aliphatic carbocycles. The van der Waals surface area contributed by atoms with Crippen LogP contribution in [0.5, 0.6) is 0 Å². The lowest BCUT2D eigenvalue weighted by molar-refractivity contribution is 0.643. The van der Waals surface area contributed by atoms with Crippen LogP contribution in [-0.4, -0.2) is 9.78 Å². The number of hydrogen-bond acceptors (Lipinski definition) is 3. The second-order valence-electron chi connectivity index (χ2n) is 6.02. The maximum atomic E-state index is 12.1. The smallest absolute Gasteiger partial charge is 0.267 e. The Bertz CT molecular complexity index is 860. The third-order valence-corrected chi connectivity index (χ3v) is 4.86. The van der Waals surface area contributed by atoms with Crippen LogP contribution in [0.3, 0.4) is 0 Å². The van der Waals surface area contributed by atoms with Crippen molar-refractivity contribution < 1.29 is 0 Å². The molecule has 0 spiro atoms. The van der Waals surface area contributed by atoms with Gasteiger partial charge in [0.1, 0.15) is 5.69 Å². The normalized spacial score (nSPS) is 11.1. The van der Waals surface area contributed by atoms with Crippen molar-refractivity contribution in [1.82, 2.24) is 9.78 Å². The zero-order valence-electron chi connectivity index (χ0n) is 13.6. The number of nitrogens with zero attached hydrogens (tertiary/aromatic N) is 2. The van der Waals surface area contributed by atoms with Crippen LogP contribution in [0.15, 0.2) is 53.3 Å². The summed E-state index contributed by atoms with van der Waals surface area (Å²) in [7, 11) is 0. The van der Waals surface area contributed by atoms with Gasteiger partial charge in [0.05, 0.1) is 11.4 Å². The summed E-state index contributed by atoms with van der Waals surface area (Å²) in [6.45, 7) is 6.91. The lowest BCUT2D eigenvalue weighted by Crippen LogP contribution is -2.22. The molecule has 0 unspecified atom stereocenters. The van der Waals surface area contributed by atoms with Gasteiger partial charge in [0, 0.05) is 10.9 Å². The molecule has 3 nitrogen and oxygen atoms in total. The summed E-state index contributed by atoms with van der Waals surface area (Å²) >= 11 is 1.69. The van der Waals surface area contributed by atoms with E-state index in [-0.39, 0.29) is 5.56 Å². The molecule has 0 bridgehead atoms. The van der Waals surface area contributed by atoms with Crippen LogP contribution in [0.1, 0.15) is 35.8 Å². The fraction of sp³-hybridized carbons (Fsp3) is 0.263. The Morgan fingerprint density at radius 1 is 1.04 bits per heavy atom. The number of benzene rings is 1. The van der Waals surface area contributed by atoms with E-state index in [0.29, 0.717) is 12.5 Å². The molecule has 3 rings (SSSR count). The zero-order valence-corrected chi connectivity index (χ0v) is 14.4. The quantitative estimate of drug-likeness (QED) is 0.710. The highest BCUT2D eigenvalue weighted by Crippen LogP contribution is 2.25. The number of rotatable bonds is 4. The Balaban J connectivity index is 1.89. The fourth-order valence-electron chi connectivity index (χ4n) is 2.45. The monoisotopic (exact) mass is 324 g/mol. The molecule has 0 saturated carbocycles. The number of aromatic nitrogens is 2. The molecular formula is C19H20N2OS. The highest BCUT2D eigenvalue weighted by molar-refractivity contribution is 7.15. The summed E-state index contributed by atoms with van der Waals surface area (Å²) < 4.78 is 1.54. The van der Waals surface area contributed by atoms with Crippen LogP contribution in [0.4, 0.5) is 0 Å². The first-order chi connectivity index (χ1) is 11.0. The van der Waals surface area contributed by atoms with Crippen LogP contribution >= 0.6 is 11.3 Å². The van der Waals surface area contributed by atoms with E-state index in [2.05, 4.69) is 62.3 Å². The summed E-state index contributed by atoms with van der Waals surface area (Å²) in [4.78, 5) is 14.4. The van der Waals surface area contributed by atoms with Crippen molar-refractivity contribution in [3.8, 4) is 10.6 Å². The maximum absolute atomic E-state index is 12.1. The van der Waals surface area contributed by atoms with Gasteiger partial charge in [-0.05, 0) is 42.2 Å². The van der Waals surface area contributed by atoms with Crippen LogP contribution in [0.2, 0.25) is 0 Å². The first-order valence-corrected chi connectivity index (χ1v) is 8.58. The maximum Gasteiger partial charge on any atom is 0.267 e. The summed E-state index contributed by atoms with van der Waals surface area (Å²) in [6, 6.07) is 15.9. The molecule has 0 radical (unpaired) electrons. The predicted octanol–water partition coefficient (Wildman–Crippen LogP) is 4.45. The molecule has 23 heavy (non-hydrogen) atoms. The third kappa shape index (κ3) is 3.59.